The largest absolute Gasteiger partial charge is 0.329 e. The molecular formula is C12H12FN3S. The summed E-state index contributed by atoms with van der Waals surface area (Å²) < 4.78 is 12.8. The van der Waals surface area contributed by atoms with Crippen LogP contribution in [0, 0.1) is 5.82 Å². The van der Waals surface area contributed by atoms with Gasteiger partial charge in [0, 0.05) is 18.0 Å². The van der Waals surface area contributed by atoms with Gasteiger partial charge in [-0.15, -0.1) is 0 Å². The van der Waals surface area contributed by atoms with Gasteiger partial charge >= 0.3 is 0 Å². The van der Waals surface area contributed by atoms with Crippen LogP contribution < -0.4 is 5.73 Å². The van der Waals surface area contributed by atoms with E-state index in [1.807, 2.05) is 6.07 Å². The van der Waals surface area contributed by atoms with Crippen molar-refractivity contribution in [3.63, 3.8) is 0 Å². The molecule has 0 spiro atoms. The fourth-order valence-electron chi connectivity index (χ4n) is 1.42. The highest BCUT2D eigenvalue weighted by Crippen LogP contribution is 2.32. The topological polar surface area (TPSA) is 51.8 Å². The predicted molar refractivity (Wildman–Crippen MR) is 66.1 cm³/mol. The van der Waals surface area contributed by atoms with Gasteiger partial charge in [0.1, 0.15) is 12.1 Å². The molecule has 17 heavy (non-hydrogen) atoms. The second-order valence-corrected chi connectivity index (χ2v) is 4.66. The number of nitrogens with zero attached hydrogens (tertiary/aromatic N) is 2. The van der Waals surface area contributed by atoms with Gasteiger partial charge in [0.25, 0.3) is 0 Å². The summed E-state index contributed by atoms with van der Waals surface area (Å²) >= 11 is 1.55. The number of thioether (sulfide) groups is 1. The number of hydrogen-bond donors (Lipinski definition) is 1. The lowest BCUT2D eigenvalue weighted by molar-refractivity contribution is 0.627. The molecular weight excluding hydrogens is 237 g/mol. The molecule has 88 valence electrons. The van der Waals surface area contributed by atoms with Crippen molar-refractivity contribution in [1.82, 2.24) is 9.97 Å². The molecule has 2 aromatic rings. The average Bonchev–Trinajstić information content (AvgIpc) is 2.38. The lowest BCUT2D eigenvalue weighted by Crippen LogP contribution is -2.09. The molecule has 0 aliphatic heterocycles. The Hall–Kier alpha value is -1.46. The minimum Gasteiger partial charge on any atom is -0.329 e. The Bertz CT molecular complexity index is 461. The number of rotatable bonds is 4. The van der Waals surface area contributed by atoms with Crippen LogP contribution in [0.25, 0.3) is 0 Å². The number of aromatic nitrogens is 2. The molecule has 0 amide bonds. The van der Waals surface area contributed by atoms with E-state index < -0.39 is 0 Å². The molecule has 1 aromatic carbocycles. The zero-order valence-electron chi connectivity index (χ0n) is 9.08. The Morgan fingerprint density at radius 2 is 2.00 bits per heavy atom. The fourth-order valence-corrected chi connectivity index (χ4v) is 2.35. The smallest absolute Gasteiger partial charge is 0.123 e. The summed E-state index contributed by atoms with van der Waals surface area (Å²) in [5.41, 5.74) is 6.73. The Morgan fingerprint density at radius 3 is 2.59 bits per heavy atom. The molecule has 3 nitrogen and oxygen atoms in total. The molecule has 0 aliphatic carbocycles. The molecule has 1 aromatic heterocycles. The van der Waals surface area contributed by atoms with E-state index in [4.69, 9.17) is 5.73 Å². The summed E-state index contributed by atoms with van der Waals surface area (Å²) in [6.45, 7) is 0.473. The Labute approximate surface area is 103 Å². The zero-order chi connectivity index (χ0) is 12.1. The van der Waals surface area contributed by atoms with Crippen molar-refractivity contribution in [2.75, 3.05) is 6.54 Å². The standard InChI is InChI=1S/C12H12FN3S/c13-10-3-1-9(2-4-10)11(7-14)17-12-5-6-15-8-16-12/h1-6,8,11H,7,14H2. The molecule has 1 heterocycles. The van der Waals surface area contributed by atoms with Crippen LogP contribution in [0.15, 0.2) is 47.9 Å². The van der Waals surface area contributed by atoms with Crippen LogP contribution in [0.3, 0.4) is 0 Å². The van der Waals surface area contributed by atoms with E-state index in [2.05, 4.69) is 9.97 Å². The van der Waals surface area contributed by atoms with Gasteiger partial charge in [0.05, 0.1) is 5.03 Å². The molecule has 0 saturated carbocycles. The van der Waals surface area contributed by atoms with E-state index in [1.165, 1.54) is 18.5 Å². The third-order valence-electron chi connectivity index (χ3n) is 2.27. The normalized spacial score (nSPS) is 12.4. The van der Waals surface area contributed by atoms with Crippen LogP contribution >= 0.6 is 11.8 Å². The van der Waals surface area contributed by atoms with Crippen LogP contribution in [-0.2, 0) is 0 Å². The van der Waals surface area contributed by atoms with Gasteiger partial charge in [0.2, 0.25) is 0 Å². The van der Waals surface area contributed by atoms with Gasteiger partial charge in [-0.25, -0.2) is 14.4 Å². The highest BCUT2D eigenvalue weighted by Gasteiger charge is 2.12. The predicted octanol–water partition coefficient (Wildman–Crippen LogP) is 2.41. The first-order valence-corrected chi connectivity index (χ1v) is 6.06. The third kappa shape index (κ3) is 3.25. The number of benzene rings is 1. The minimum atomic E-state index is -0.239. The maximum Gasteiger partial charge on any atom is 0.123 e. The summed E-state index contributed by atoms with van der Waals surface area (Å²) in [7, 11) is 0. The van der Waals surface area contributed by atoms with E-state index in [9.17, 15) is 4.39 Å². The first-order chi connectivity index (χ1) is 8.29. The van der Waals surface area contributed by atoms with Gasteiger partial charge in [-0.05, 0) is 23.8 Å². The summed E-state index contributed by atoms with van der Waals surface area (Å²) in [5, 5.41) is 0.935. The van der Waals surface area contributed by atoms with Crippen LogP contribution in [0.5, 0.6) is 0 Å². The molecule has 1 unspecified atom stereocenters. The average molecular weight is 249 g/mol. The van der Waals surface area contributed by atoms with Gasteiger partial charge in [-0.1, -0.05) is 23.9 Å². The van der Waals surface area contributed by atoms with Gasteiger partial charge in [-0.3, -0.25) is 0 Å². The highest BCUT2D eigenvalue weighted by atomic mass is 32.2. The molecule has 0 saturated heterocycles. The van der Waals surface area contributed by atoms with E-state index >= 15 is 0 Å². The summed E-state index contributed by atoms with van der Waals surface area (Å²) in [5.74, 6) is -0.239. The number of nitrogens with two attached hydrogens (primary N) is 1. The second kappa shape index (κ2) is 5.75. The summed E-state index contributed by atoms with van der Waals surface area (Å²) in [4.78, 5) is 7.99. The van der Waals surface area contributed by atoms with Crippen molar-refractivity contribution in [2.45, 2.75) is 10.3 Å². The minimum absolute atomic E-state index is 0.0745. The molecule has 5 heteroatoms. The molecule has 0 radical (unpaired) electrons. The number of hydrogen-bond acceptors (Lipinski definition) is 4. The van der Waals surface area contributed by atoms with Crippen LogP contribution in [0.4, 0.5) is 4.39 Å². The maximum atomic E-state index is 12.8. The van der Waals surface area contributed by atoms with E-state index in [1.54, 1.807) is 30.1 Å². The molecule has 1 atom stereocenters. The molecule has 0 fully saturated rings. The van der Waals surface area contributed by atoms with Crippen molar-refractivity contribution in [3.05, 3.63) is 54.2 Å². The van der Waals surface area contributed by atoms with Crippen molar-refractivity contribution in [1.29, 1.82) is 0 Å². The first-order valence-electron chi connectivity index (χ1n) is 5.18. The monoisotopic (exact) mass is 249 g/mol. The van der Waals surface area contributed by atoms with Crippen LogP contribution in [0.2, 0.25) is 0 Å². The van der Waals surface area contributed by atoms with E-state index in [-0.39, 0.29) is 11.1 Å². The molecule has 0 bridgehead atoms. The summed E-state index contributed by atoms with van der Waals surface area (Å²) in [6, 6.07) is 8.22. The highest BCUT2D eigenvalue weighted by molar-refractivity contribution is 7.99. The lowest BCUT2D eigenvalue weighted by Gasteiger charge is -2.13. The van der Waals surface area contributed by atoms with Crippen LogP contribution in [0.1, 0.15) is 10.8 Å². The fraction of sp³-hybridized carbons (Fsp3) is 0.167. The van der Waals surface area contributed by atoms with Gasteiger partial charge in [0.15, 0.2) is 0 Å². The van der Waals surface area contributed by atoms with E-state index in [0.717, 1.165) is 10.6 Å². The Kier molecular flexibility index (Phi) is 4.06. The van der Waals surface area contributed by atoms with Crippen molar-refractivity contribution < 1.29 is 4.39 Å². The van der Waals surface area contributed by atoms with Crippen molar-refractivity contribution in [2.24, 2.45) is 5.73 Å². The van der Waals surface area contributed by atoms with Gasteiger partial charge < -0.3 is 5.73 Å². The van der Waals surface area contributed by atoms with Crippen molar-refractivity contribution in [3.8, 4) is 0 Å². The third-order valence-corrected chi connectivity index (χ3v) is 3.51. The maximum absolute atomic E-state index is 12.8. The lowest BCUT2D eigenvalue weighted by atomic mass is 10.1. The Morgan fingerprint density at radius 1 is 1.24 bits per heavy atom. The SMILES string of the molecule is NCC(Sc1ccncn1)c1ccc(F)cc1. The van der Waals surface area contributed by atoms with Crippen molar-refractivity contribution >= 4 is 11.8 Å². The zero-order valence-corrected chi connectivity index (χ0v) is 9.90. The molecule has 2 N–H and O–H groups in total. The first kappa shape index (κ1) is 12.0. The quantitative estimate of drug-likeness (QED) is 0.668. The number of halogens is 1. The van der Waals surface area contributed by atoms with Crippen LogP contribution in [-0.4, -0.2) is 16.5 Å². The molecule has 0 aliphatic rings. The Balaban J connectivity index is 2.14. The molecule has 2 rings (SSSR count). The second-order valence-electron chi connectivity index (χ2n) is 3.44. The van der Waals surface area contributed by atoms with Gasteiger partial charge in [-0.2, -0.15) is 0 Å². The summed E-state index contributed by atoms with van der Waals surface area (Å²) in [6.07, 6.45) is 3.19. The van der Waals surface area contributed by atoms with E-state index in [0.29, 0.717) is 6.54 Å².